The van der Waals surface area contributed by atoms with Crippen LogP contribution in [0.5, 0.6) is 0 Å². The van der Waals surface area contributed by atoms with Gasteiger partial charge in [0, 0.05) is 23.3 Å². The molecule has 8 heteroatoms. The summed E-state index contributed by atoms with van der Waals surface area (Å²) in [7, 11) is 0. The number of nitrogens with zero attached hydrogens (tertiary/aromatic N) is 3. The number of rotatable bonds is 6. The highest BCUT2D eigenvalue weighted by atomic mass is 32.2. The number of hydrogen-bond donors (Lipinski definition) is 0. The maximum atomic E-state index is 12.7. The number of carbonyl (C=O) groups excluding carboxylic acids is 1. The molecule has 0 saturated heterocycles. The van der Waals surface area contributed by atoms with Crippen molar-refractivity contribution in [2.75, 3.05) is 0 Å². The monoisotopic (exact) mass is 383 g/mol. The van der Waals surface area contributed by atoms with Crippen LogP contribution in [-0.2, 0) is 0 Å². The fourth-order valence-corrected chi connectivity index (χ4v) is 3.30. The quantitative estimate of drug-likeness (QED) is 0.265. The number of Topliss-reactive ketones (excluding diaryl/α,β-unsaturated/α-hetero) is 1. The largest absolute Gasteiger partial charge is 0.411 e. The fourth-order valence-electron chi connectivity index (χ4n) is 2.55. The molecule has 0 saturated carbocycles. The van der Waals surface area contributed by atoms with Crippen LogP contribution in [0.1, 0.15) is 28.4 Å². The molecule has 0 fully saturated rings. The minimum Gasteiger partial charge on any atom is -0.411 e. The van der Waals surface area contributed by atoms with Crippen molar-refractivity contribution < 1.29 is 14.1 Å². The van der Waals surface area contributed by atoms with Gasteiger partial charge in [0.05, 0.1) is 10.2 Å². The summed E-state index contributed by atoms with van der Waals surface area (Å²) in [6.07, 6.45) is 0. The van der Waals surface area contributed by atoms with Gasteiger partial charge in [-0.1, -0.05) is 35.5 Å². The molecule has 0 bridgehead atoms. The second-order valence-electron chi connectivity index (χ2n) is 6.12. The first-order valence-electron chi connectivity index (χ1n) is 8.21. The van der Waals surface area contributed by atoms with E-state index in [1.54, 1.807) is 19.1 Å². The average Bonchev–Trinajstić information content (AvgIpc) is 3.11. The molecule has 2 aromatic carbocycles. The van der Waals surface area contributed by atoms with Crippen LogP contribution in [0.25, 0.3) is 11.5 Å². The standard InChI is InChI=1S/C19H17N3O4S/c1-11-7-8-12(2)16(9-11)17(23)13(3)27-19-21-20-18(26-19)14-5-4-6-15(10-14)22(24)25/h4-10,13H,1-3H3/t13-/m1/s1. The van der Waals surface area contributed by atoms with Crippen LogP contribution < -0.4 is 0 Å². The topological polar surface area (TPSA) is 99.1 Å². The first kappa shape index (κ1) is 18.8. The average molecular weight is 383 g/mol. The van der Waals surface area contributed by atoms with Crippen LogP contribution in [0.2, 0.25) is 0 Å². The Morgan fingerprint density at radius 3 is 2.70 bits per heavy atom. The molecule has 1 aromatic heterocycles. The van der Waals surface area contributed by atoms with Crippen molar-refractivity contribution in [1.29, 1.82) is 0 Å². The summed E-state index contributed by atoms with van der Waals surface area (Å²) < 4.78 is 5.58. The van der Waals surface area contributed by atoms with Gasteiger partial charge in [-0.25, -0.2) is 0 Å². The van der Waals surface area contributed by atoms with E-state index in [0.717, 1.165) is 22.9 Å². The Kier molecular flexibility index (Phi) is 5.36. The predicted octanol–water partition coefficient (Wildman–Crippen LogP) is 4.63. The molecule has 0 aliphatic rings. The first-order chi connectivity index (χ1) is 12.8. The zero-order chi connectivity index (χ0) is 19.6. The first-order valence-corrected chi connectivity index (χ1v) is 9.09. The van der Waals surface area contributed by atoms with Gasteiger partial charge < -0.3 is 4.42 Å². The molecule has 0 amide bonds. The highest BCUT2D eigenvalue weighted by Gasteiger charge is 2.22. The van der Waals surface area contributed by atoms with Crippen LogP contribution in [0.4, 0.5) is 5.69 Å². The van der Waals surface area contributed by atoms with Crippen molar-refractivity contribution in [2.45, 2.75) is 31.2 Å². The molecule has 27 heavy (non-hydrogen) atoms. The lowest BCUT2D eigenvalue weighted by Crippen LogP contribution is -2.15. The van der Waals surface area contributed by atoms with Gasteiger partial charge in [0.15, 0.2) is 5.78 Å². The highest BCUT2D eigenvalue weighted by Crippen LogP contribution is 2.29. The number of thioether (sulfide) groups is 1. The number of benzene rings is 2. The third-order valence-corrected chi connectivity index (χ3v) is 4.95. The molecule has 0 unspecified atom stereocenters. The predicted molar refractivity (Wildman–Crippen MR) is 102 cm³/mol. The SMILES string of the molecule is Cc1ccc(C)c(C(=O)[C@@H](C)Sc2nnc(-c3cccc([N+](=O)[O-])c3)o2)c1. The molecule has 0 spiro atoms. The minimum absolute atomic E-state index is 0.0173. The molecule has 3 aromatic rings. The zero-order valence-corrected chi connectivity index (χ0v) is 15.8. The van der Waals surface area contributed by atoms with Gasteiger partial charge in [0.25, 0.3) is 10.9 Å². The van der Waals surface area contributed by atoms with Crippen LogP contribution in [0.15, 0.2) is 52.1 Å². The van der Waals surface area contributed by atoms with Gasteiger partial charge in [-0.15, -0.1) is 10.2 Å². The summed E-state index contributed by atoms with van der Waals surface area (Å²) in [5, 5.41) is 18.6. The van der Waals surface area contributed by atoms with Gasteiger partial charge in [0.2, 0.25) is 5.89 Å². The van der Waals surface area contributed by atoms with Crippen LogP contribution in [-0.4, -0.2) is 26.2 Å². The molecular weight excluding hydrogens is 366 g/mol. The van der Waals surface area contributed by atoms with E-state index in [1.807, 2.05) is 32.0 Å². The van der Waals surface area contributed by atoms with Gasteiger partial charge in [-0.05, 0) is 38.5 Å². The molecule has 0 N–H and O–H groups in total. The lowest BCUT2D eigenvalue weighted by molar-refractivity contribution is -0.384. The van der Waals surface area contributed by atoms with E-state index >= 15 is 0 Å². The van der Waals surface area contributed by atoms with E-state index in [0.29, 0.717) is 11.1 Å². The van der Waals surface area contributed by atoms with E-state index in [4.69, 9.17) is 4.42 Å². The third-order valence-electron chi connectivity index (χ3n) is 4.02. The lowest BCUT2D eigenvalue weighted by atomic mass is 10.0. The number of ketones is 1. The Hall–Kier alpha value is -3.00. The maximum absolute atomic E-state index is 12.7. The Balaban J connectivity index is 1.77. The van der Waals surface area contributed by atoms with Gasteiger partial charge >= 0.3 is 0 Å². The van der Waals surface area contributed by atoms with Crippen molar-refractivity contribution in [3.8, 4) is 11.5 Å². The molecular formula is C19H17N3O4S. The molecule has 1 heterocycles. The van der Waals surface area contributed by atoms with E-state index in [1.165, 1.54) is 12.1 Å². The maximum Gasteiger partial charge on any atom is 0.277 e. The Morgan fingerprint density at radius 2 is 1.96 bits per heavy atom. The Labute approximate surface area is 160 Å². The lowest BCUT2D eigenvalue weighted by Gasteiger charge is -2.10. The number of nitro groups is 1. The number of nitro benzene ring substituents is 1. The smallest absolute Gasteiger partial charge is 0.277 e. The third kappa shape index (κ3) is 4.22. The van der Waals surface area contributed by atoms with Crippen molar-refractivity contribution >= 4 is 23.2 Å². The normalized spacial score (nSPS) is 12.0. The van der Waals surface area contributed by atoms with Crippen molar-refractivity contribution in [3.63, 3.8) is 0 Å². The second-order valence-corrected chi connectivity index (χ2v) is 7.42. The summed E-state index contributed by atoms with van der Waals surface area (Å²) in [6.45, 7) is 5.63. The number of aromatic nitrogens is 2. The van der Waals surface area contributed by atoms with E-state index < -0.39 is 10.2 Å². The van der Waals surface area contributed by atoms with Gasteiger partial charge in [-0.3, -0.25) is 14.9 Å². The molecule has 7 nitrogen and oxygen atoms in total. The van der Waals surface area contributed by atoms with Crippen LogP contribution in [0, 0.1) is 24.0 Å². The summed E-state index contributed by atoms with van der Waals surface area (Å²) in [5.74, 6) is 0.156. The zero-order valence-electron chi connectivity index (χ0n) is 15.0. The molecule has 0 aliphatic heterocycles. The summed E-state index contributed by atoms with van der Waals surface area (Å²) in [5.41, 5.74) is 3.01. The number of aryl methyl sites for hydroxylation is 2. The second kappa shape index (κ2) is 7.71. The van der Waals surface area contributed by atoms with Crippen molar-refractivity contribution in [2.24, 2.45) is 0 Å². The number of non-ortho nitro benzene ring substituents is 1. The van der Waals surface area contributed by atoms with Crippen LogP contribution >= 0.6 is 11.8 Å². The van der Waals surface area contributed by atoms with Crippen molar-refractivity contribution in [3.05, 3.63) is 69.3 Å². The van der Waals surface area contributed by atoms with E-state index in [2.05, 4.69) is 10.2 Å². The Morgan fingerprint density at radius 1 is 1.19 bits per heavy atom. The summed E-state index contributed by atoms with van der Waals surface area (Å²) in [4.78, 5) is 23.1. The van der Waals surface area contributed by atoms with E-state index in [-0.39, 0.29) is 22.6 Å². The molecule has 0 aliphatic carbocycles. The minimum atomic E-state index is -0.486. The fraction of sp³-hybridized carbons (Fsp3) is 0.211. The molecule has 3 rings (SSSR count). The summed E-state index contributed by atoms with van der Waals surface area (Å²) in [6, 6.07) is 11.7. The highest BCUT2D eigenvalue weighted by molar-refractivity contribution is 8.00. The van der Waals surface area contributed by atoms with Gasteiger partial charge in [0.1, 0.15) is 0 Å². The van der Waals surface area contributed by atoms with Gasteiger partial charge in [-0.2, -0.15) is 0 Å². The summed E-state index contributed by atoms with van der Waals surface area (Å²) >= 11 is 1.16. The van der Waals surface area contributed by atoms with Crippen LogP contribution in [0.3, 0.4) is 0 Å². The molecule has 138 valence electrons. The van der Waals surface area contributed by atoms with E-state index in [9.17, 15) is 14.9 Å². The number of carbonyl (C=O) groups is 1. The van der Waals surface area contributed by atoms with Crippen molar-refractivity contribution in [1.82, 2.24) is 10.2 Å². The number of hydrogen-bond acceptors (Lipinski definition) is 7. The molecule has 1 atom stereocenters. The Bertz CT molecular complexity index is 1020. The molecule has 0 radical (unpaired) electrons.